The van der Waals surface area contributed by atoms with Crippen LogP contribution in [0.25, 0.3) is 0 Å². The first-order chi connectivity index (χ1) is 9.26. The Morgan fingerprint density at radius 3 is 2.60 bits per heavy atom. The second-order valence-electron chi connectivity index (χ2n) is 7.39. The minimum atomic E-state index is -0.456. The number of carbonyl (C=O) groups excluding carboxylic acids is 1. The Morgan fingerprint density at radius 2 is 2.10 bits per heavy atom. The predicted molar refractivity (Wildman–Crippen MR) is 77.3 cm³/mol. The molecule has 1 saturated heterocycles. The normalized spacial score (nSPS) is 34.5. The van der Waals surface area contributed by atoms with Crippen molar-refractivity contribution in [1.29, 1.82) is 0 Å². The van der Waals surface area contributed by atoms with Crippen molar-refractivity contribution in [3.63, 3.8) is 0 Å². The van der Waals surface area contributed by atoms with Crippen molar-refractivity contribution >= 4 is 6.09 Å². The molecule has 20 heavy (non-hydrogen) atoms. The van der Waals surface area contributed by atoms with E-state index in [1.165, 1.54) is 0 Å². The van der Waals surface area contributed by atoms with Crippen LogP contribution in [-0.2, 0) is 4.74 Å². The molecule has 5 nitrogen and oxygen atoms in total. The van der Waals surface area contributed by atoms with Gasteiger partial charge in [0.1, 0.15) is 5.60 Å². The third-order valence-corrected chi connectivity index (χ3v) is 4.63. The fraction of sp³-hybridized carbons (Fsp3) is 0.933. The highest BCUT2D eigenvalue weighted by atomic mass is 16.6. The SMILES string of the molecule is CC(C)(C)OC(=O)N1CCCC(C2(CN)CC(O)C2)C1. The van der Waals surface area contributed by atoms with Gasteiger partial charge in [-0.1, -0.05) is 0 Å². The maximum absolute atomic E-state index is 12.2. The smallest absolute Gasteiger partial charge is 0.410 e. The molecule has 0 aromatic heterocycles. The summed E-state index contributed by atoms with van der Waals surface area (Å²) in [5.41, 5.74) is 5.51. The zero-order chi connectivity index (χ0) is 15.0. The Hall–Kier alpha value is -0.810. The molecule has 0 aromatic rings. The Kier molecular flexibility index (Phi) is 4.30. The monoisotopic (exact) mass is 284 g/mol. The number of aliphatic hydroxyl groups excluding tert-OH is 1. The number of piperidine rings is 1. The van der Waals surface area contributed by atoms with Crippen molar-refractivity contribution in [2.24, 2.45) is 17.1 Å². The van der Waals surface area contributed by atoms with Gasteiger partial charge in [-0.3, -0.25) is 0 Å². The van der Waals surface area contributed by atoms with Gasteiger partial charge in [0.05, 0.1) is 6.10 Å². The van der Waals surface area contributed by atoms with Gasteiger partial charge in [0, 0.05) is 13.1 Å². The first-order valence-corrected chi connectivity index (χ1v) is 7.62. The molecule has 2 rings (SSSR count). The Balaban J connectivity index is 1.96. The average molecular weight is 284 g/mol. The largest absolute Gasteiger partial charge is 0.444 e. The summed E-state index contributed by atoms with van der Waals surface area (Å²) in [6.45, 7) is 7.71. The van der Waals surface area contributed by atoms with E-state index in [1.54, 1.807) is 0 Å². The quantitative estimate of drug-likeness (QED) is 0.810. The summed E-state index contributed by atoms with van der Waals surface area (Å²) in [7, 11) is 0. The second-order valence-corrected chi connectivity index (χ2v) is 7.39. The molecular formula is C15H28N2O3. The lowest BCUT2D eigenvalue weighted by molar-refractivity contribution is -0.0824. The lowest BCUT2D eigenvalue weighted by Gasteiger charge is -2.52. The van der Waals surface area contributed by atoms with Gasteiger partial charge >= 0.3 is 6.09 Å². The molecule has 2 fully saturated rings. The Bertz CT molecular complexity index is 359. The van der Waals surface area contributed by atoms with Crippen molar-refractivity contribution in [1.82, 2.24) is 4.90 Å². The standard InChI is InChI=1S/C15H28N2O3/c1-14(2,3)20-13(19)17-6-4-5-11(9-17)15(10-16)7-12(18)8-15/h11-12,18H,4-10,16H2,1-3H3. The number of ether oxygens (including phenoxy) is 1. The number of likely N-dealkylation sites (tertiary alicyclic amines) is 1. The number of nitrogens with zero attached hydrogens (tertiary/aromatic N) is 1. The van der Waals surface area contributed by atoms with Crippen LogP contribution in [-0.4, -0.2) is 47.4 Å². The second kappa shape index (κ2) is 5.53. The molecule has 1 unspecified atom stereocenters. The summed E-state index contributed by atoms with van der Waals surface area (Å²) in [5.74, 6) is 0.386. The molecule has 116 valence electrons. The molecular weight excluding hydrogens is 256 g/mol. The summed E-state index contributed by atoms with van der Waals surface area (Å²) in [6, 6.07) is 0. The molecule has 1 amide bonds. The van der Waals surface area contributed by atoms with Crippen LogP contribution in [0, 0.1) is 11.3 Å². The van der Waals surface area contributed by atoms with Crippen molar-refractivity contribution in [3.8, 4) is 0 Å². The number of hydrogen-bond donors (Lipinski definition) is 2. The van der Waals surface area contributed by atoms with E-state index in [0.717, 1.165) is 32.2 Å². The van der Waals surface area contributed by atoms with E-state index in [0.29, 0.717) is 19.0 Å². The molecule has 0 bridgehead atoms. The zero-order valence-corrected chi connectivity index (χ0v) is 12.9. The third kappa shape index (κ3) is 3.26. The van der Waals surface area contributed by atoms with Crippen LogP contribution in [0.1, 0.15) is 46.5 Å². The van der Waals surface area contributed by atoms with E-state index in [1.807, 2.05) is 25.7 Å². The van der Waals surface area contributed by atoms with Gasteiger partial charge < -0.3 is 20.5 Å². The molecule has 5 heteroatoms. The van der Waals surface area contributed by atoms with Gasteiger partial charge in [-0.2, -0.15) is 0 Å². The maximum Gasteiger partial charge on any atom is 0.410 e. The van der Waals surface area contributed by atoms with Gasteiger partial charge in [0.15, 0.2) is 0 Å². The molecule has 1 aliphatic carbocycles. The van der Waals surface area contributed by atoms with E-state index in [4.69, 9.17) is 10.5 Å². The van der Waals surface area contributed by atoms with Gasteiger partial charge in [0.2, 0.25) is 0 Å². The summed E-state index contributed by atoms with van der Waals surface area (Å²) in [5, 5.41) is 9.61. The van der Waals surface area contributed by atoms with E-state index in [9.17, 15) is 9.90 Å². The van der Waals surface area contributed by atoms with Crippen LogP contribution >= 0.6 is 0 Å². The number of amides is 1. The Morgan fingerprint density at radius 1 is 1.45 bits per heavy atom. The van der Waals surface area contributed by atoms with Crippen LogP contribution in [0.2, 0.25) is 0 Å². The number of rotatable bonds is 2. The minimum absolute atomic E-state index is 0.0279. The average Bonchev–Trinajstić information content (AvgIpc) is 2.33. The minimum Gasteiger partial charge on any atom is -0.444 e. The van der Waals surface area contributed by atoms with Gasteiger partial charge in [0.25, 0.3) is 0 Å². The fourth-order valence-corrected chi connectivity index (χ4v) is 3.51. The highest BCUT2D eigenvalue weighted by Crippen LogP contribution is 2.49. The van der Waals surface area contributed by atoms with Crippen LogP contribution in [0.3, 0.4) is 0 Å². The van der Waals surface area contributed by atoms with E-state index in [-0.39, 0.29) is 17.6 Å². The summed E-state index contributed by atoms with van der Waals surface area (Å²) in [6.07, 6.45) is 3.18. The third-order valence-electron chi connectivity index (χ3n) is 4.63. The number of carbonyl (C=O) groups is 1. The molecule has 0 aromatic carbocycles. The first-order valence-electron chi connectivity index (χ1n) is 7.62. The molecule has 1 saturated carbocycles. The summed E-state index contributed by atoms with van der Waals surface area (Å²) >= 11 is 0. The van der Waals surface area contributed by atoms with Crippen molar-refractivity contribution in [3.05, 3.63) is 0 Å². The molecule has 3 N–H and O–H groups in total. The molecule has 1 atom stereocenters. The van der Waals surface area contributed by atoms with Crippen LogP contribution < -0.4 is 5.73 Å². The van der Waals surface area contributed by atoms with Crippen molar-refractivity contribution in [2.45, 2.75) is 58.2 Å². The predicted octanol–water partition coefficient (Wildman–Crippen LogP) is 1.73. The lowest BCUT2D eigenvalue weighted by atomic mass is 9.58. The fourth-order valence-electron chi connectivity index (χ4n) is 3.51. The molecule has 0 radical (unpaired) electrons. The zero-order valence-electron chi connectivity index (χ0n) is 12.9. The van der Waals surface area contributed by atoms with Gasteiger partial charge in [-0.25, -0.2) is 4.79 Å². The number of aliphatic hydroxyl groups is 1. The van der Waals surface area contributed by atoms with Crippen LogP contribution in [0.15, 0.2) is 0 Å². The number of nitrogens with two attached hydrogens (primary N) is 1. The highest BCUT2D eigenvalue weighted by molar-refractivity contribution is 5.68. The van der Waals surface area contributed by atoms with E-state index in [2.05, 4.69) is 0 Å². The van der Waals surface area contributed by atoms with E-state index < -0.39 is 5.60 Å². The molecule has 0 spiro atoms. The van der Waals surface area contributed by atoms with Gasteiger partial charge in [-0.15, -0.1) is 0 Å². The molecule has 1 heterocycles. The summed E-state index contributed by atoms with van der Waals surface area (Å²) in [4.78, 5) is 14.0. The van der Waals surface area contributed by atoms with Crippen molar-refractivity contribution in [2.75, 3.05) is 19.6 Å². The first kappa shape index (κ1) is 15.6. The van der Waals surface area contributed by atoms with Crippen molar-refractivity contribution < 1.29 is 14.6 Å². The maximum atomic E-state index is 12.2. The van der Waals surface area contributed by atoms with Crippen LogP contribution in [0.5, 0.6) is 0 Å². The van der Waals surface area contributed by atoms with E-state index >= 15 is 0 Å². The van der Waals surface area contributed by atoms with Crippen LogP contribution in [0.4, 0.5) is 4.79 Å². The Labute approximate surface area is 121 Å². The van der Waals surface area contributed by atoms with Gasteiger partial charge in [-0.05, 0) is 64.3 Å². The number of hydrogen-bond acceptors (Lipinski definition) is 4. The highest BCUT2D eigenvalue weighted by Gasteiger charge is 2.49. The summed E-state index contributed by atoms with van der Waals surface area (Å²) < 4.78 is 5.45. The molecule has 2 aliphatic rings. The molecule has 1 aliphatic heterocycles. The topological polar surface area (TPSA) is 75.8 Å². The lowest BCUT2D eigenvalue weighted by Crippen LogP contribution is -2.56.